The number of hydrogen-bond donors (Lipinski definition) is 2. The molecule has 0 amide bonds. The molecule has 0 saturated carbocycles. The topological polar surface area (TPSA) is 105 Å². The minimum Gasteiger partial charge on any atom is -0.352 e. The smallest absolute Gasteiger partial charge is 0.191 e. The Balaban J connectivity index is 1.96. The minimum absolute atomic E-state index is 0.284. The van der Waals surface area contributed by atoms with Crippen LogP contribution in [0.25, 0.3) is 0 Å². The highest BCUT2D eigenvalue weighted by Gasteiger charge is 2.11. The molecule has 0 fully saturated rings. The average Bonchev–Trinajstić information content (AvgIpc) is 2.60. The van der Waals surface area contributed by atoms with Crippen molar-refractivity contribution in [1.82, 2.24) is 10.6 Å². The van der Waals surface area contributed by atoms with Crippen molar-refractivity contribution in [3.8, 4) is 0 Å². The lowest BCUT2D eigenvalue weighted by molar-refractivity contribution is 0.599. The van der Waals surface area contributed by atoms with E-state index in [0.29, 0.717) is 29.5 Å². The molecular weight excluding hydrogens is 398 g/mol. The number of sulfone groups is 2. The van der Waals surface area contributed by atoms with Crippen molar-refractivity contribution in [3.63, 3.8) is 0 Å². The number of rotatable bonds is 6. The Morgan fingerprint density at radius 1 is 0.857 bits per heavy atom. The van der Waals surface area contributed by atoms with Gasteiger partial charge in [-0.05, 0) is 41.8 Å². The molecule has 2 aromatic rings. The molecule has 7 nitrogen and oxygen atoms in total. The molecule has 2 aromatic carbocycles. The maximum atomic E-state index is 11.7. The van der Waals surface area contributed by atoms with Crippen molar-refractivity contribution >= 4 is 25.6 Å². The van der Waals surface area contributed by atoms with Crippen LogP contribution in [0.4, 0.5) is 0 Å². The third-order valence-electron chi connectivity index (χ3n) is 4.13. The van der Waals surface area contributed by atoms with Gasteiger partial charge in [0.05, 0.1) is 9.79 Å². The molecule has 2 N–H and O–H groups in total. The molecule has 0 spiro atoms. The first-order valence-electron chi connectivity index (χ1n) is 8.54. The first-order valence-corrected chi connectivity index (χ1v) is 12.3. The molecule has 0 atom stereocenters. The van der Waals surface area contributed by atoms with E-state index >= 15 is 0 Å². The summed E-state index contributed by atoms with van der Waals surface area (Å²) < 4.78 is 46.4. The van der Waals surface area contributed by atoms with Crippen LogP contribution in [-0.2, 0) is 32.8 Å². The Hall–Kier alpha value is -2.39. The highest BCUT2D eigenvalue weighted by Crippen LogP contribution is 2.16. The standard InChI is InChI=1S/C19H25N3O4S2/c1-14-11-16(7-10-18(14)28(4,25)26)13-22-19(20-2)21-12-15-5-8-17(9-6-15)27(3,23)24/h5-11H,12-13H2,1-4H3,(H2,20,21,22). The van der Waals surface area contributed by atoms with Gasteiger partial charge in [-0.2, -0.15) is 0 Å². The third kappa shape index (κ3) is 6.07. The summed E-state index contributed by atoms with van der Waals surface area (Å²) in [6, 6.07) is 11.9. The minimum atomic E-state index is -3.23. The van der Waals surface area contributed by atoms with E-state index in [-0.39, 0.29) is 4.90 Å². The fourth-order valence-electron chi connectivity index (χ4n) is 2.68. The predicted molar refractivity (Wildman–Crippen MR) is 111 cm³/mol. The van der Waals surface area contributed by atoms with E-state index in [1.807, 2.05) is 6.07 Å². The molecule has 0 saturated heterocycles. The van der Waals surface area contributed by atoms with Crippen LogP contribution < -0.4 is 10.6 Å². The molecular formula is C19H25N3O4S2. The van der Waals surface area contributed by atoms with Crippen molar-refractivity contribution in [2.75, 3.05) is 19.6 Å². The Morgan fingerprint density at radius 2 is 1.39 bits per heavy atom. The van der Waals surface area contributed by atoms with Crippen LogP contribution in [0.1, 0.15) is 16.7 Å². The van der Waals surface area contributed by atoms with E-state index < -0.39 is 19.7 Å². The van der Waals surface area contributed by atoms with Crippen LogP contribution >= 0.6 is 0 Å². The fourth-order valence-corrected chi connectivity index (χ4v) is 4.27. The van der Waals surface area contributed by atoms with Crippen molar-refractivity contribution in [2.45, 2.75) is 29.8 Å². The molecule has 0 bridgehead atoms. The van der Waals surface area contributed by atoms with Crippen molar-refractivity contribution in [3.05, 3.63) is 59.2 Å². The Morgan fingerprint density at radius 3 is 1.86 bits per heavy atom. The number of nitrogens with zero attached hydrogens (tertiary/aromatic N) is 1. The molecule has 0 aliphatic rings. The van der Waals surface area contributed by atoms with Gasteiger partial charge in [-0.3, -0.25) is 4.99 Å². The van der Waals surface area contributed by atoms with Crippen LogP contribution in [0.2, 0.25) is 0 Å². The van der Waals surface area contributed by atoms with Crippen molar-refractivity contribution < 1.29 is 16.8 Å². The summed E-state index contributed by atoms with van der Waals surface area (Å²) >= 11 is 0. The zero-order chi connectivity index (χ0) is 20.9. The number of aryl methyl sites for hydroxylation is 1. The van der Waals surface area contributed by atoms with Gasteiger partial charge in [0.1, 0.15) is 0 Å². The second-order valence-electron chi connectivity index (χ2n) is 6.57. The number of nitrogens with one attached hydrogen (secondary N) is 2. The van der Waals surface area contributed by atoms with Gasteiger partial charge in [-0.25, -0.2) is 16.8 Å². The lowest BCUT2D eigenvalue weighted by Gasteiger charge is -2.13. The summed E-state index contributed by atoms with van der Waals surface area (Å²) in [5.41, 5.74) is 2.56. The highest BCUT2D eigenvalue weighted by atomic mass is 32.2. The first-order chi connectivity index (χ1) is 13.0. The fraction of sp³-hybridized carbons (Fsp3) is 0.316. The molecule has 0 radical (unpaired) electrons. The molecule has 2 rings (SSSR count). The second-order valence-corrected chi connectivity index (χ2v) is 10.6. The van der Waals surface area contributed by atoms with E-state index in [0.717, 1.165) is 11.1 Å². The van der Waals surface area contributed by atoms with E-state index in [4.69, 9.17) is 0 Å². The lowest BCUT2D eigenvalue weighted by Crippen LogP contribution is -2.36. The van der Waals surface area contributed by atoms with Crippen LogP contribution in [0.15, 0.2) is 57.2 Å². The van der Waals surface area contributed by atoms with Crippen LogP contribution in [-0.4, -0.2) is 42.4 Å². The second kappa shape index (κ2) is 8.74. The Bertz CT molecular complexity index is 1070. The van der Waals surface area contributed by atoms with Gasteiger partial charge >= 0.3 is 0 Å². The summed E-state index contributed by atoms with van der Waals surface area (Å²) in [4.78, 5) is 4.77. The maximum Gasteiger partial charge on any atom is 0.191 e. The monoisotopic (exact) mass is 423 g/mol. The lowest BCUT2D eigenvalue weighted by atomic mass is 10.1. The highest BCUT2D eigenvalue weighted by molar-refractivity contribution is 7.91. The van der Waals surface area contributed by atoms with Gasteiger partial charge in [0.15, 0.2) is 25.6 Å². The molecule has 9 heteroatoms. The summed E-state index contributed by atoms with van der Waals surface area (Å²) in [6.45, 7) is 2.74. The van der Waals surface area contributed by atoms with E-state index in [1.165, 1.54) is 12.5 Å². The normalized spacial score (nSPS) is 12.6. The molecule has 152 valence electrons. The quantitative estimate of drug-likeness (QED) is 0.541. The van der Waals surface area contributed by atoms with Gasteiger partial charge in [0, 0.05) is 32.6 Å². The SMILES string of the molecule is CN=C(NCc1ccc(S(C)(=O)=O)cc1)NCc1ccc(S(C)(=O)=O)c(C)c1. The van der Waals surface area contributed by atoms with Crippen LogP contribution in [0.3, 0.4) is 0 Å². The summed E-state index contributed by atoms with van der Waals surface area (Å²) in [5.74, 6) is 0.581. The van der Waals surface area contributed by atoms with Gasteiger partial charge in [0.25, 0.3) is 0 Å². The van der Waals surface area contributed by atoms with Gasteiger partial charge in [0.2, 0.25) is 0 Å². The predicted octanol–water partition coefficient (Wildman–Crippen LogP) is 1.67. The zero-order valence-corrected chi connectivity index (χ0v) is 18.0. The number of guanidine groups is 1. The number of aliphatic imine (C=N–C) groups is 1. The van der Waals surface area contributed by atoms with Gasteiger partial charge < -0.3 is 10.6 Å². The van der Waals surface area contributed by atoms with E-state index in [2.05, 4.69) is 15.6 Å². The molecule has 0 aliphatic carbocycles. The molecule has 28 heavy (non-hydrogen) atoms. The summed E-state index contributed by atoms with van der Waals surface area (Å²) in [7, 11) is -4.78. The summed E-state index contributed by atoms with van der Waals surface area (Å²) in [6.07, 6.45) is 2.37. The summed E-state index contributed by atoms with van der Waals surface area (Å²) in [5, 5.41) is 6.33. The van der Waals surface area contributed by atoms with Crippen molar-refractivity contribution in [1.29, 1.82) is 0 Å². The van der Waals surface area contributed by atoms with E-state index in [9.17, 15) is 16.8 Å². The first kappa shape index (κ1) is 21.9. The largest absolute Gasteiger partial charge is 0.352 e. The Kier molecular flexibility index (Phi) is 6.84. The average molecular weight is 424 g/mol. The third-order valence-corrected chi connectivity index (χ3v) is 6.52. The maximum absolute atomic E-state index is 11.7. The number of benzene rings is 2. The van der Waals surface area contributed by atoms with Crippen LogP contribution in [0.5, 0.6) is 0 Å². The molecule has 0 aromatic heterocycles. The molecule has 0 heterocycles. The molecule has 0 aliphatic heterocycles. The van der Waals surface area contributed by atoms with E-state index in [1.54, 1.807) is 50.4 Å². The van der Waals surface area contributed by atoms with Crippen LogP contribution in [0, 0.1) is 6.92 Å². The molecule has 0 unspecified atom stereocenters. The number of hydrogen-bond acceptors (Lipinski definition) is 5. The zero-order valence-electron chi connectivity index (χ0n) is 16.4. The Labute approximate surface area is 166 Å². The van der Waals surface area contributed by atoms with Gasteiger partial charge in [-0.15, -0.1) is 0 Å². The van der Waals surface area contributed by atoms with Gasteiger partial charge in [-0.1, -0.05) is 24.3 Å². The van der Waals surface area contributed by atoms with Crippen molar-refractivity contribution in [2.24, 2.45) is 4.99 Å².